The van der Waals surface area contributed by atoms with E-state index < -0.39 is 29.8 Å². The Balaban J connectivity index is 1.49. The summed E-state index contributed by atoms with van der Waals surface area (Å²) in [7, 11) is 0. The van der Waals surface area contributed by atoms with Crippen molar-refractivity contribution in [2.45, 2.75) is 6.54 Å². The fourth-order valence-corrected chi connectivity index (χ4v) is 3.32. The van der Waals surface area contributed by atoms with Crippen molar-refractivity contribution in [3.05, 3.63) is 88.9 Å². The van der Waals surface area contributed by atoms with Crippen LogP contribution in [0.2, 0.25) is 0 Å². The Kier molecular flexibility index (Phi) is 4.51. The minimum absolute atomic E-state index is 0.239. The Morgan fingerprint density at radius 2 is 1.69 bits per heavy atom. The van der Waals surface area contributed by atoms with Gasteiger partial charge in [0.15, 0.2) is 5.65 Å². The maximum Gasteiger partial charge on any atom is 0.350 e. The molecule has 11 heteroatoms. The molecule has 0 unspecified atom stereocenters. The van der Waals surface area contributed by atoms with E-state index in [2.05, 4.69) is 15.5 Å². The molecule has 0 radical (unpaired) electrons. The molecule has 32 heavy (non-hydrogen) atoms. The van der Waals surface area contributed by atoms with Gasteiger partial charge in [-0.2, -0.15) is 5.10 Å². The SMILES string of the molecule is O=C(Cn1nc2c3cc(-c4ccc(F)cc4)nn3ccn2c1=O)Nc1cc(F)ccc1F. The topological polar surface area (TPSA) is 85.7 Å². The number of hydrogen-bond donors (Lipinski definition) is 1. The number of carbonyl (C=O) groups is 1. The molecule has 0 aliphatic heterocycles. The molecule has 0 saturated heterocycles. The molecule has 0 aliphatic rings. The maximum atomic E-state index is 13.8. The smallest absolute Gasteiger partial charge is 0.322 e. The molecule has 1 N–H and O–H groups in total. The highest BCUT2D eigenvalue weighted by molar-refractivity contribution is 5.90. The molecule has 160 valence electrons. The Hall–Kier alpha value is -4.41. The summed E-state index contributed by atoms with van der Waals surface area (Å²) in [5, 5.41) is 10.8. The average molecular weight is 438 g/mol. The van der Waals surface area contributed by atoms with Crippen molar-refractivity contribution < 1.29 is 18.0 Å². The third-order valence-corrected chi connectivity index (χ3v) is 4.83. The second kappa shape index (κ2) is 7.38. The Morgan fingerprint density at radius 3 is 2.47 bits per heavy atom. The van der Waals surface area contributed by atoms with E-state index in [-0.39, 0.29) is 17.2 Å². The van der Waals surface area contributed by atoms with Crippen molar-refractivity contribution in [1.29, 1.82) is 0 Å². The summed E-state index contributed by atoms with van der Waals surface area (Å²) in [4.78, 5) is 25.0. The summed E-state index contributed by atoms with van der Waals surface area (Å²) >= 11 is 0. The van der Waals surface area contributed by atoms with E-state index in [1.165, 1.54) is 27.2 Å². The van der Waals surface area contributed by atoms with Gasteiger partial charge in [0.25, 0.3) is 0 Å². The number of anilines is 1. The number of rotatable bonds is 4. The number of halogens is 3. The lowest BCUT2D eigenvalue weighted by Gasteiger charge is -2.05. The van der Waals surface area contributed by atoms with Crippen LogP contribution < -0.4 is 11.0 Å². The number of benzene rings is 2. The summed E-state index contributed by atoms with van der Waals surface area (Å²) < 4.78 is 43.9. The summed E-state index contributed by atoms with van der Waals surface area (Å²) in [5.41, 5.74) is 1.00. The number of nitrogens with zero attached hydrogens (tertiary/aromatic N) is 5. The molecule has 8 nitrogen and oxygen atoms in total. The van der Waals surface area contributed by atoms with Crippen molar-refractivity contribution in [3.8, 4) is 11.3 Å². The number of amides is 1. The number of nitrogens with one attached hydrogen (secondary N) is 1. The van der Waals surface area contributed by atoms with E-state index in [4.69, 9.17) is 0 Å². The van der Waals surface area contributed by atoms with Crippen LogP contribution in [0.3, 0.4) is 0 Å². The standard InChI is InChI=1S/C21H13F3N6O2/c22-13-3-1-12(2-4-13)16-10-18-20-27-30(21(32)28(20)7-8-29(18)26-16)11-19(31)25-17-9-14(23)5-6-15(17)24/h1-10H,11H2,(H,25,31). The number of aromatic nitrogens is 5. The Labute approximate surface area is 177 Å². The molecule has 2 aromatic carbocycles. The molecule has 3 aromatic heterocycles. The van der Waals surface area contributed by atoms with Gasteiger partial charge in [0.2, 0.25) is 5.91 Å². The fourth-order valence-electron chi connectivity index (χ4n) is 3.32. The normalized spacial score (nSPS) is 11.3. The van der Waals surface area contributed by atoms with Gasteiger partial charge in [0, 0.05) is 24.0 Å². The van der Waals surface area contributed by atoms with E-state index in [0.29, 0.717) is 16.8 Å². The molecule has 3 heterocycles. The average Bonchev–Trinajstić information content (AvgIpc) is 3.33. The van der Waals surface area contributed by atoms with E-state index in [1.807, 2.05) is 0 Å². The van der Waals surface area contributed by atoms with Crippen LogP contribution in [-0.2, 0) is 11.3 Å². The molecule has 0 aliphatic carbocycles. The zero-order valence-corrected chi connectivity index (χ0v) is 16.2. The summed E-state index contributed by atoms with van der Waals surface area (Å²) in [6.07, 6.45) is 2.99. The highest BCUT2D eigenvalue weighted by Gasteiger charge is 2.16. The minimum atomic E-state index is -0.809. The second-order valence-corrected chi connectivity index (χ2v) is 6.97. The third-order valence-electron chi connectivity index (χ3n) is 4.83. The van der Waals surface area contributed by atoms with Crippen LogP contribution >= 0.6 is 0 Å². The molecule has 5 aromatic rings. The maximum absolute atomic E-state index is 13.8. The van der Waals surface area contributed by atoms with Gasteiger partial charge in [-0.05, 0) is 42.5 Å². The molecule has 0 bridgehead atoms. The summed E-state index contributed by atoms with van der Waals surface area (Å²) in [6.45, 7) is -0.512. The first kappa shape index (κ1) is 19.5. The fraction of sp³-hybridized carbons (Fsp3) is 0.0476. The lowest BCUT2D eigenvalue weighted by Crippen LogP contribution is -2.28. The zero-order chi connectivity index (χ0) is 22.4. The molecular formula is C21H13F3N6O2. The Morgan fingerprint density at radius 1 is 0.938 bits per heavy atom. The molecule has 0 spiro atoms. The first-order valence-corrected chi connectivity index (χ1v) is 9.37. The lowest BCUT2D eigenvalue weighted by atomic mass is 10.1. The van der Waals surface area contributed by atoms with Crippen LogP contribution in [0.1, 0.15) is 0 Å². The minimum Gasteiger partial charge on any atom is -0.322 e. The van der Waals surface area contributed by atoms with Gasteiger partial charge in [-0.3, -0.25) is 4.79 Å². The zero-order valence-electron chi connectivity index (χ0n) is 16.2. The molecule has 1 amide bonds. The van der Waals surface area contributed by atoms with Crippen molar-refractivity contribution in [2.24, 2.45) is 0 Å². The van der Waals surface area contributed by atoms with Crippen molar-refractivity contribution in [2.75, 3.05) is 5.32 Å². The Bertz CT molecular complexity index is 1550. The molecule has 0 fully saturated rings. The van der Waals surface area contributed by atoms with E-state index in [9.17, 15) is 22.8 Å². The van der Waals surface area contributed by atoms with Crippen LogP contribution in [0.25, 0.3) is 22.4 Å². The molecular weight excluding hydrogens is 425 g/mol. The first-order chi connectivity index (χ1) is 15.4. The van der Waals surface area contributed by atoms with Gasteiger partial charge in [-0.1, -0.05) is 0 Å². The van der Waals surface area contributed by atoms with E-state index >= 15 is 0 Å². The summed E-state index contributed by atoms with van der Waals surface area (Å²) in [5.74, 6) is -2.65. The second-order valence-electron chi connectivity index (χ2n) is 6.97. The van der Waals surface area contributed by atoms with Gasteiger partial charge in [0.1, 0.15) is 29.5 Å². The predicted molar refractivity (Wildman–Crippen MR) is 109 cm³/mol. The number of fused-ring (bicyclic) bond motifs is 3. The molecule has 0 atom stereocenters. The summed E-state index contributed by atoms with van der Waals surface area (Å²) in [6, 6.07) is 10.1. The van der Waals surface area contributed by atoms with Crippen LogP contribution in [0.5, 0.6) is 0 Å². The number of carbonyl (C=O) groups excluding carboxylic acids is 1. The monoisotopic (exact) mass is 438 g/mol. The van der Waals surface area contributed by atoms with Crippen LogP contribution in [0, 0.1) is 17.5 Å². The van der Waals surface area contributed by atoms with Gasteiger partial charge >= 0.3 is 5.69 Å². The van der Waals surface area contributed by atoms with Crippen LogP contribution in [-0.4, -0.2) is 29.7 Å². The van der Waals surface area contributed by atoms with Gasteiger partial charge in [-0.15, -0.1) is 5.10 Å². The van der Waals surface area contributed by atoms with Crippen molar-refractivity contribution >= 4 is 22.8 Å². The van der Waals surface area contributed by atoms with E-state index in [1.54, 1.807) is 24.4 Å². The van der Waals surface area contributed by atoms with Crippen molar-refractivity contribution in [1.82, 2.24) is 23.8 Å². The quantitative estimate of drug-likeness (QED) is 0.468. The highest BCUT2D eigenvalue weighted by atomic mass is 19.1. The van der Waals surface area contributed by atoms with Crippen LogP contribution in [0.15, 0.2) is 65.7 Å². The highest BCUT2D eigenvalue weighted by Crippen LogP contribution is 2.21. The van der Waals surface area contributed by atoms with Gasteiger partial charge in [0.05, 0.1) is 11.4 Å². The van der Waals surface area contributed by atoms with E-state index in [0.717, 1.165) is 22.9 Å². The third kappa shape index (κ3) is 3.39. The van der Waals surface area contributed by atoms with Crippen molar-refractivity contribution in [3.63, 3.8) is 0 Å². The lowest BCUT2D eigenvalue weighted by molar-refractivity contribution is -0.117. The first-order valence-electron chi connectivity index (χ1n) is 9.37. The molecule has 5 rings (SSSR count). The van der Waals surface area contributed by atoms with Gasteiger partial charge < -0.3 is 5.32 Å². The van der Waals surface area contributed by atoms with Gasteiger partial charge in [-0.25, -0.2) is 31.6 Å². The van der Waals surface area contributed by atoms with Crippen LogP contribution in [0.4, 0.5) is 18.9 Å². The molecule has 0 saturated carbocycles. The predicted octanol–water partition coefficient (Wildman–Crippen LogP) is 2.87. The number of hydrogen-bond acceptors (Lipinski definition) is 4. The largest absolute Gasteiger partial charge is 0.350 e.